The number of hydrogen-bond acceptors (Lipinski definition) is 1. The number of hydrogen-bond donors (Lipinski definition) is 0. The van der Waals surface area contributed by atoms with Crippen molar-refractivity contribution in [1.82, 2.24) is 0 Å². The molecule has 1 rings (SSSR count). The molecule has 0 unspecified atom stereocenters. The van der Waals surface area contributed by atoms with Crippen LogP contribution < -0.4 is 0 Å². The van der Waals surface area contributed by atoms with Crippen molar-refractivity contribution in [2.45, 2.75) is 0 Å². The molecule has 1 aromatic carbocycles. The van der Waals surface area contributed by atoms with Crippen LogP contribution in [0.15, 0.2) is 35.3 Å². The fraction of sp³-hybridized carbons (Fsp3) is 0. The molecule has 0 heterocycles. The summed E-state index contributed by atoms with van der Waals surface area (Å²) in [7, 11) is 0. The zero-order chi connectivity index (χ0) is 9.14. The maximum Gasteiger partial charge on any atom is 0.186 e. The Morgan fingerprint density at radius 3 is 2.83 bits per heavy atom. The van der Waals surface area contributed by atoms with Crippen LogP contribution in [-0.2, 0) is 0 Å². The van der Waals surface area contributed by atoms with Crippen LogP contribution in [0.4, 0.5) is 4.39 Å². The van der Waals surface area contributed by atoms with Crippen molar-refractivity contribution in [2.75, 3.05) is 0 Å². The van der Waals surface area contributed by atoms with E-state index in [9.17, 15) is 9.18 Å². The van der Waals surface area contributed by atoms with Gasteiger partial charge >= 0.3 is 0 Å². The SMILES string of the molecule is C=CC(=O)c1cc(F)ccc1Br. The Balaban J connectivity index is 3.22. The van der Waals surface area contributed by atoms with Crippen molar-refractivity contribution in [1.29, 1.82) is 0 Å². The highest BCUT2D eigenvalue weighted by molar-refractivity contribution is 9.10. The number of halogens is 2. The molecule has 0 N–H and O–H groups in total. The molecule has 0 fully saturated rings. The molecule has 0 atom stereocenters. The average Bonchev–Trinajstić information content (AvgIpc) is 2.08. The third kappa shape index (κ3) is 1.80. The molecular weight excluding hydrogens is 223 g/mol. The molecule has 0 aliphatic carbocycles. The molecule has 12 heavy (non-hydrogen) atoms. The first-order valence-electron chi connectivity index (χ1n) is 3.27. The van der Waals surface area contributed by atoms with Crippen LogP contribution in [0.1, 0.15) is 10.4 Å². The normalized spacial score (nSPS) is 9.50. The maximum absolute atomic E-state index is 12.6. The minimum absolute atomic E-state index is 0.290. The summed E-state index contributed by atoms with van der Waals surface area (Å²) in [4.78, 5) is 11.1. The van der Waals surface area contributed by atoms with E-state index in [1.807, 2.05) is 0 Å². The highest BCUT2D eigenvalue weighted by Crippen LogP contribution is 2.18. The monoisotopic (exact) mass is 228 g/mol. The third-order valence-corrected chi connectivity index (χ3v) is 2.07. The lowest BCUT2D eigenvalue weighted by molar-refractivity contribution is 0.104. The smallest absolute Gasteiger partial charge is 0.186 e. The molecule has 1 nitrogen and oxygen atoms in total. The van der Waals surface area contributed by atoms with Gasteiger partial charge in [-0.1, -0.05) is 22.5 Å². The Kier molecular flexibility index (Phi) is 2.76. The van der Waals surface area contributed by atoms with Gasteiger partial charge in [-0.25, -0.2) is 4.39 Å². The lowest BCUT2D eigenvalue weighted by Crippen LogP contribution is -1.95. The topological polar surface area (TPSA) is 17.1 Å². The van der Waals surface area contributed by atoms with Crippen molar-refractivity contribution in [3.05, 3.63) is 46.7 Å². The quantitative estimate of drug-likeness (QED) is 0.562. The number of rotatable bonds is 2. The Hall–Kier alpha value is -0.960. The Morgan fingerprint density at radius 1 is 1.58 bits per heavy atom. The zero-order valence-corrected chi connectivity index (χ0v) is 7.77. The number of benzene rings is 1. The van der Waals surface area contributed by atoms with Gasteiger partial charge < -0.3 is 0 Å². The lowest BCUT2D eigenvalue weighted by atomic mass is 10.1. The molecule has 3 heteroatoms. The molecule has 0 aromatic heterocycles. The summed E-state index contributed by atoms with van der Waals surface area (Å²) >= 11 is 3.14. The average molecular weight is 229 g/mol. The first kappa shape index (κ1) is 9.13. The summed E-state index contributed by atoms with van der Waals surface area (Å²) in [6.45, 7) is 3.31. The molecule has 0 aliphatic heterocycles. The lowest BCUT2D eigenvalue weighted by Gasteiger charge is -1.98. The van der Waals surface area contributed by atoms with E-state index in [0.29, 0.717) is 10.0 Å². The highest BCUT2D eigenvalue weighted by Gasteiger charge is 2.06. The zero-order valence-electron chi connectivity index (χ0n) is 6.18. The second-order valence-electron chi connectivity index (χ2n) is 2.19. The van der Waals surface area contributed by atoms with E-state index in [1.165, 1.54) is 18.2 Å². The number of ketones is 1. The summed E-state index contributed by atoms with van der Waals surface area (Å²) in [6, 6.07) is 3.95. The van der Waals surface area contributed by atoms with Crippen molar-refractivity contribution in [2.24, 2.45) is 0 Å². The van der Waals surface area contributed by atoms with Crippen molar-refractivity contribution >= 4 is 21.7 Å². The van der Waals surface area contributed by atoms with Crippen LogP contribution in [0.2, 0.25) is 0 Å². The summed E-state index contributed by atoms with van der Waals surface area (Å²) in [5.41, 5.74) is 0.296. The minimum Gasteiger partial charge on any atom is -0.289 e. The summed E-state index contributed by atoms with van der Waals surface area (Å²) in [6.07, 6.45) is 1.15. The molecule has 0 radical (unpaired) electrons. The Bertz CT molecular complexity index is 333. The van der Waals surface area contributed by atoms with Crippen LogP contribution in [-0.4, -0.2) is 5.78 Å². The molecule has 0 saturated heterocycles. The molecule has 0 saturated carbocycles. The van der Waals surface area contributed by atoms with E-state index in [1.54, 1.807) is 0 Å². The van der Waals surface area contributed by atoms with E-state index in [4.69, 9.17) is 0 Å². The van der Waals surface area contributed by atoms with Gasteiger partial charge in [0.05, 0.1) is 0 Å². The van der Waals surface area contributed by atoms with Crippen molar-refractivity contribution in [3.63, 3.8) is 0 Å². The molecule has 1 aromatic rings. The molecule has 62 valence electrons. The third-order valence-electron chi connectivity index (χ3n) is 1.38. The fourth-order valence-electron chi connectivity index (χ4n) is 0.796. The van der Waals surface area contributed by atoms with Crippen LogP contribution in [0.5, 0.6) is 0 Å². The highest BCUT2D eigenvalue weighted by atomic mass is 79.9. The fourth-order valence-corrected chi connectivity index (χ4v) is 1.24. The van der Waals surface area contributed by atoms with Gasteiger partial charge in [-0.2, -0.15) is 0 Å². The van der Waals surface area contributed by atoms with Gasteiger partial charge in [0.15, 0.2) is 5.78 Å². The van der Waals surface area contributed by atoms with Gasteiger partial charge in [0, 0.05) is 10.0 Å². The second kappa shape index (κ2) is 3.63. The van der Waals surface area contributed by atoms with Crippen LogP contribution in [0.25, 0.3) is 0 Å². The van der Waals surface area contributed by atoms with Crippen LogP contribution in [0, 0.1) is 5.82 Å². The summed E-state index contributed by atoms with van der Waals surface area (Å²) < 4.78 is 13.2. The standard InChI is InChI=1S/C9H6BrFO/c1-2-9(12)7-5-6(11)3-4-8(7)10/h2-5H,1H2. The summed E-state index contributed by atoms with van der Waals surface area (Å²) in [5.74, 6) is -0.718. The van der Waals surface area contributed by atoms with Gasteiger partial charge in [0.25, 0.3) is 0 Å². The largest absolute Gasteiger partial charge is 0.289 e. The van der Waals surface area contributed by atoms with Gasteiger partial charge in [0.2, 0.25) is 0 Å². The summed E-state index contributed by atoms with van der Waals surface area (Å²) in [5, 5.41) is 0. The molecule has 0 bridgehead atoms. The van der Waals surface area contributed by atoms with Gasteiger partial charge in [-0.15, -0.1) is 0 Å². The van der Waals surface area contributed by atoms with E-state index in [2.05, 4.69) is 22.5 Å². The van der Waals surface area contributed by atoms with Gasteiger partial charge in [-0.05, 0) is 24.3 Å². The second-order valence-corrected chi connectivity index (χ2v) is 3.05. The Labute approximate surface area is 78.0 Å². The minimum atomic E-state index is -0.427. The van der Waals surface area contributed by atoms with Crippen molar-refractivity contribution < 1.29 is 9.18 Å². The number of carbonyl (C=O) groups is 1. The van der Waals surface area contributed by atoms with Crippen LogP contribution >= 0.6 is 15.9 Å². The van der Waals surface area contributed by atoms with Crippen molar-refractivity contribution in [3.8, 4) is 0 Å². The Morgan fingerprint density at radius 2 is 2.25 bits per heavy atom. The van der Waals surface area contributed by atoms with E-state index in [0.717, 1.165) is 6.08 Å². The number of carbonyl (C=O) groups excluding carboxylic acids is 1. The molecule has 0 aliphatic rings. The predicted octanol–water partition coefficient (Wildman–Crippen LogP) is 2.96. The predicted molar refractivity (Wildman–Crippen MR) is 48.6 cm³/mol. The molecular formula is C9H6BrFO. The van der Waals surface area contributed by atoms with E-state index in [-0.39, 0.29) is 5.78 Å². The first-order chi connectivity index (χ1) is 5.65. The maximum atomic E-state index is 12.6. The van der Waals surface area contributed by atoms with E-state index < -0.39 is 5.82 Å². The van der Waals surface area contributed by atoms with E-state index >= 15 is 0 Å². The van der Waals surface area contributed by atoms with Crippen LogP contribution in [0.3, 0.4) is 0 Å². The van der Waals surface area contributed by atoms with Gasteiger partial charge in [-0.3, -0.25) is 4.79 Å². The first-order valence-corrected chi connectivity index (χ1v) is 4.06. The van der Waals surface area contributed by atoms with Gasteiger partial charge in [0.1, 0.15) is 5.82 Å². The molecule has 0 amide bonds. The number of allylic oxidation sites excluding steroid dienone is 1. The molecule has 0 spiro atoms.